The molecule has 5 atom stereocenters. The maximum absolute atomic E-state index is 13.8. The van der Waals surface area contributed by atoms with Gasteiger partial charge in [-0.25, -0.2) is 4.79 Å². The third kappa shape index (κ3) is 8.80. The number of hydrogen-bond donors (Lipinski definition) is 4. The predicted molar refractivity (Wildman–Crippen MR) is 156 cm³/mol. The van der Waals surface area contributed by atoms with E-state index in [2.05, 4.69) is 10.6 Å². The second kappa shape index (κ2) is 13.7. The molecule has 0 spiro atoms. The third-order valence-electron chi connectivity index (χ3n) is 7.03. The van der Waals surface area contributed by atoms with E-state index in [0.29, 0.717) is 24.2 Å². The van der Waals surface area contributed by atoms with Crippen LogP contribution in [0.3, 0.4) is 0 Å². The van der Waals surface area contributed by atoms with Crippen LogP contribution in [-0.4, -0.2) is 52.7 Å². The molecule has 0 bridgehead atoms. The van der Waals surface area contributed by atoms with Crippen LogP contribution in [0.4, 0.5) is 4.79 Å². The fraction of sp³-hybridized carbons (Fsp3) is 0.394. The van der Waals surface area contributed by atoms with Crippen molar-refractivity contribution in [1.29, 1.82) is 0 Å². The van der Waals surface area contributed by atoms with E-state index in [-0.39, 0.29) is 18.9 Å². The Hall–Kier alpha value is -3.88. The quantitative estimate of drug-likeness (QED) is 0.293. The molecule has 4 N–H and O–H groups in total. The summed E-state index contributed by atoms with van der Waals surface area (Å²) in [6, 6.07) is 25.1. The molecule has 218 valence electrons. The first-order valence-electron chi connectivity index (χ1n) is 14.0. The van der Waals surface area contributed by atoms with Crippen LogP contribution in [0, 0.1) is 5.92 Å². The van der Waals surface area contributed by atoms with E-state index in [1.807, 2.05) is 84.9 Å². The number of carbonyl (C=O) groups excluding carboxylic acids is 2. The molecular formula is C33H40N2O6. The van der Waals surface area contributed by atoms with Crippen molar-refractivity contribution >= 4 is 12.0 Å². The molecule has 0 fully saturated rings. The number of aliphatic hydroxyl groups excluding tert-OH is 2. The number of para-hydroxylation sites is 1. The van der Waals surface area contributed by atoms with Gasteiger partial charge in [0, 0.05) is 11.5 Å². The normalized spacial score (nSPS) is 18.7. The Morgan fingerprint density at radius 2 is 1.51 bits per heavy atom. The zero-order valence-electron chi connectivity index (χ0n) is 23.8. The summed E-state index contributed by atoms with van der Waals surface area (Å²) < 4.78 is 11.1. The molecule has 1 aliphatic rings. The van der Waals surface area contributed by atoms with Crippen LogP contribution in [-0.2, 0) is 22.4 Å². The monoisotopic (exact) mass is 560 g/mol. The summed E-state index contributed by atoms with van der Waals surface area (Å²) in [5.41, 5.74) is 1.86. The minimum atomic E-state index is -1.06. The van der Waals surface area contributed by atoms with E-state index in [4.69, 9.17) is 9.47 Å². The first-order valence-corrected chi connectivity index (χ1v) is 14.0. The molecule has 3 aromatic rings. The van der Waals surface area contributed by atoms with Gasteiger partial charge in [-0.1, -0.05) is 78.9 Å². The molecule has 0 aromatic heterocycles. The summed E-state index contributed by atoms with van der Waals surface area (Å²) in [6.45, 7) is 5.39. The smallest absolute Gasteiger partial charge is 0.407 e. The third-order valence-corrected chi connectivity index (χ3v) is 7.03. The average molecular weight is 561 g/mol. The number of hydrogen-bond acceptors (Lipinski definition) is 6. The Morgan fingerprint density at radius 3 is 2.15 bits per heavy atom. The Morgan fingerprint density at radius 1 is 0.927 bits per heavy atom. The molecule has 0 saturated heterocycles. The molecule has 41 heavy (non-hydrogen) atoms. The Bertz CT molecular complexity index is 1280. The Kier molecular flexibility index (Phi) is 10.0. The van der Waals surface area contributed by atoms with Gasteiger partial charge in [0.25, 0.3) is 0 Å². The molecule has 0 aliphatic carbocycles. The predicted octanol–water partition coefficient (Wildman–Crippen LogP) is 4.34. The molecule has 0 saturated carbocycles. The number of rotatable bonds is 10. The summed E-state index contributed by atoms with van der Waals surface area (Å²) in [4.78, 5) is 26.5. The van der Waals surface area contributed by atoms with E-state index >= 15 is 0 Å². The van der Waals surface area contributed by atoms with Gasteiger partial charge in [0.05, 0.1) is 18.2 Å². The summed E-state index contributed by atoms with van der Waals surface area (Å²) in [5.74, 6) is -0.329. The van der Waals surface area contributed by atoms with Crippen molar-refractivity contribution in [3.05, 3.63) is 102 Å². The fourth-order valence-electron chi connectivity index (χ4n) is 5.04. The first-order chi connectivity index (χ1) is 19.6. The Labute approximate surface area is 241 Å². The number of alkyl carbamates (subject to hydrolysis) is 1. The lowest BCUT2D eigenvalue weighted by Gasteiger charge is -2.33. The second-order valence-electron chi connectivity index (χ2n) is 11.5. The van der Waals surface area contributed by atoms with E-state index in [1.54, 1.807) is 20.8 Å². The highest BCUT2D eigenvalue weighted by atomic mass is 16.6. The van der Waals surface area contributed by atoms with Gasteiger partial charge < -0.3 is 30.3 Å². The van der Waals surface area contributed by atoms with Crippen LogP contribution in [0.25, 0.3) is 0 Å². The van der Waals surface area contributed by atoms with Crippen molar-refractivity contribution in [3.8, 4) is 5.75 Å². The van der Waals surface area contributed by atoms with Gasteiger partial charge in [-0.2, -0.15) is 0 Å². The average Bonchev–Trinajstić information content (AvgIpc) is 2.94. The zero-order chi connectivity index (χ0) is 29.4. The fourth-order valence-corrected chi connectivity index (χ4v) is 5.04. The minimum Gasteiger partial charge on any atom is -0.490 e. The Balaban J connectivity index is 1.56. The molecular weight excluding hydrogens is 520 g/mol. The highest BCUT2D eigenvalue weighted by Crippen LogP contribution is 2.32. The molecule has 2 amide bonds. The van der Waals surface area contributed by atoms with Crippen LogP contribution in [0.1, 0.15) is 49.9 Å². The lowest BCUT2D eigenvalue weighted by atomic mass is 9.88. The summed E-state index contributed by atoms with van der Waals surface area (Å²) >= 11 is 0. The van der Waals surface area contributed by atoms with Gasteiger partial charge in [0.1, 0.15) is 24.1 Å². The van der Waals surface area contributed by atoms with Gasteiger partial charge in [-0.15, -0.1) is 0 Å². The maximum atomic E-state index is 13.8. The van der Waals surface area contributed by atoms with E-state index in [0.717, 1.165) is 11.1 Å². The summed E-state index contributed by atoms with van der Waals surface area (Å²) in [6.07, 6.45) is -1.81. The molecule has 3 aromatic carbocycles. The molecule has 8 nitrogen and oxygen atoms in total. The van der Waals surface area contributed by atoms with Crippen LogP contribution in [0.2, 0.25) is 0 Å². The van der Waals surface area contributed by atoms with E-state index in [1.165, 1.54) is 0 Å². The number of benzene rings is 3. The maximum Gasteiger partial charge on any atom is 0.407 e. The molecule has 8 heteroatoms. The lowest BCUT2D eigenvalue weighted by molar-refractivity contribution is -0.128. The van der Waals surface area contributed by atoms with Gasteiger partial charge in [0.2, 0.25) is 5.91 Å². The van der Waals surface area contributed by atoms with Crippen LogP contribution in [0.5, 0.6) is 5.75 Å². The topological polar surface area (TPSA) is 117 Å². The molecule has 0 unspecified atom stereocenters. The summed E-state index contributed by atoms with van der Waals surface area (Å²) in [5, 5.41) is 28.1. The number of carbonyl (C=O) groups is 2. The minimum absolute atomic E-state index is 0.0624. The van der Waals surface area contributed by atoms with Crippen molar-refractivity contribution in [1.82, 2.24) is 10.6 Å². The lowest BCUT2D eigenvalue weighted by Crippen LogP contribution is -2.49. The zero-order valence-corrected chi connectivity index (χ0v) is 23.8. The van der Waals surface area contributed by atoms with Crippen LogP contribution >= 0.6 is 0 Å². The second-order valence-corrected chi connectivity index (χ2v) is 11.5. The molecule has 0 radical (unpaired) electrons. The number of amides is 2. The van der Waals surface area contributed by atoms with E-state index in [9.17, 15) is 19.8 Å². The molecule has 1 heterocycles. The van der Waals surface area contributed by atoms with Crippen LogP contribution in [0.15, 0.2) is 84.9 Å². The SMILES string of the molecule is CC(C)(C)OC(=O)N[C@@H](Cc1ccccc1)[C@@H](O)C[C@@H](Cc1ccccc1)C(=O)N[C@H]1c2ccccc2OC[C@H]1O. The largest absolute Gasteiger partial charge is 0.490 e. The van der Waals surface area contributed by atoms with Crippen molar-refractivity contribution in [3.63, 3.8) is 0 Å². The van der Waals surface area contributed by atoms with Crippen molar-refractivity contribution in [2.75, 3.05) is 6.61 Å². The highest BCUT2D eigenvalue weighted by molar-refractivity contribution is 5.80. The number of nitrogens with one attached hydrogen (secondary N) is 2. The standard InChI is InChI=1S/C33H40N2O6/c1-33(2,3)41-32(39)34-26(19-23-14-8-5-9-15-23)27(36)20-24(18-22-12-6-4-7-13-22)31(38)35-30-25-16-10-11-17-29(25)40-21-28(30)37/h4-17,24,26-28,30,36-37H,18-21H2,1-3H3,(H,34,39)(H,35,38)/t24-,26+,27+,28-,30+/m1/s1. The van der Waals surface area contributed by atoms with Gasteiger partial charge >= 0.3 is 6.09 Å². The molecule has 4 rings (SSSR count). The first kappa shape index (κ1) is 30.1. The van der Waals surface area contributed by atoms with E-state index < -0.39 is 41.9 Å². The van der Waals surface area contributed by atoms with Crippen molar-refractivity contribution < 1.29 is 29.3 Å². The van der Waals surface area contributed by atoms with Crippen molar-refractivity contribution in [2.24, 2.45) is 5.92 Å². The molecule has 1 aliphatic heterocycles. The van der Waals surface area contributed by atoms with Gasteiger partial charge in [0.15, 0.2) is 0 Å². The van der Waals surface area contributed by atoms with Gasteiger partial charge in [-0.3, -0.25) is 4.79 Å². The highest BCUT2D eigenvalue weighted by Gasteiger charge is 2.35. The summed E-state index contributed by atoms with van der Waals surface area (Å²) in [7, 11) is 0. The van der Waals surface area contributed by atoms with Crippen molar-refractivity contribution in [2.45, 2.75) is 69.9 Å². The number of aliphatic hydroxyl groups is 2. The van der Waals surface area contributed by atoms with Crippen LogP contribution < -0.4 is 15.4 Å². The van der Waals surface area contributed by atoms with Gasteiger partial charge in [-0.05, 0) is 57.2 Å². The number of ether oxygens (including phenoxy) is 2. The number of fused-ring (bicyclic) bond motifs is 1.